The molecule has 2 aromatic rings. The SMILES string of the molecule is COc1cccc(C2C(C#N)=C(N)OC3=C2C(=O)CC(c2ccccc2)C3)c1. The van der Waals surface area contributed by atoms with Crippen LogP contribution in [0.1, 0.15) is 35.8 Å². The predicted octanol–water partition coefficient (Wildman–Crippen LogP) is 3.90. The Bertz CT molecular complexity index is 1030. The van der Waals surface area contributed by atoms with Crippen molar-refractivity contribution in [2.75, 3.05) is 7.11 Å². The first-order valence-corrected chi connectivity index (χ1v) is 9.15. The lowest BCUT2D eigenvalue weighted by atomic mass is 9.73. The van der Waals surface area contributed by atoms with E-state index < -0.39 is 5.92 Å². The van der Waals surface area contributed by atoms with Crippen LogP contribution in [0.4, 0.5) is 0 Å². The van der Waals surface area contributed by atoms with Crippen molar-refractivity contribution in [3.63, 3.8) is 0 Å². The minimum atomic E-state index is -0.534. The van der Waals surface area contributed by atoms with Crippen LogP contribution in [0, 0.1) is 11.3 Å². The van der Waals surface area contributed by atoms with Gasteiger partial charge in [-0.1, -0.05) is 42.5 Å². The standard InChI is InChI=1S/C23H20N2O3/c1-27-17-9-5-8-15(10-17)21-18(13-24)23(25)28-20-12-16(11-19(26)22(20)21)14-6-3-2-4-7-14/h2-10,16,21H,11-12,25H2,1H3. The number of carbonyl (C=O) groups is 1. The number of ketones is 1. The van der Waals surface area contributed by atoms with Crippen molar-refractivity contribution in [3.8, 4) is 11.8 Å². The summed E-state index contributed by atoms with van der Waals surface area (Å²) in [6.45, 7) is 0. The number of nitrogens with zero attached hydrogens (tertiary/aromatic N) is 1. The van der Waals surface area contributed by atoms with Gasteiger partial charge in [-0.2, -0.15) is 5.26 Å². The molecule has 4 rings (SSSR count). The summed E-state index contributed by atoms with van der Waals surface area (Å²) in [5.41, 5.74) is 8.77. The molecule has 0 spiro atoms. The molecular weight excluding hydrogens is 352 g/mol. The van der Waals surface area contributed by atoms with Crippen LogP contribution < -0.4 is 10.5 Å². The van der Waals surface area contributed by atoms with E-state index in [2.05, 4.69) is 6.07 Å². The number of Topliss-reactive ketones (excluding diaryl/α,β-unsaturated/α-hetero) is 1. The Hall–Kier alpha value is -3.52. The summed E-state index contributed by atoms with van der Waals surface area (Å²) in [7, 11) is 1.58. The summed E-state index contributed by atoms with van der Waals surface area (Å²) in [5, 5.41) is 9.69. The monoisotopic (exact) mass is 372 g/mol. The number of methoxy groups -OCH3 is 1. The van der Waals surface area contributed by atoms with E-state index in [4.69, 9.17) is 15.2 Å². The Kier molecular flexibility index (Phi) is 4.62. The van der Waals surface area contributed by atoms with E-state index >= 15 is 0 Å². The number of allylic oxidation sites excluding steroid dienone is 3. The molecule has 1 aliphatic heterocycles. The molecule has 5 nitrogen and oxygen atoms in total. The molecule has 1 aliphatic carbocycles. The van der Waals surface area contributed by atoms with Crippen LogP contribution in [0.15, 0.2) is 77.4 Å². The number of hydrogen-bond donors (Lipinski definition) is 1. The number of hydrogen-bond acceptors (Lipinski definition) is 5. The molecule has 0 amide bonds. The van der Waals surface area contributed by atoms with Gasteiger partial charge >= 0.3 is 0 Å². The van der Waals surface area contributed by atoms with Crippen molar-refractivity contribution in [2.45, 2.75) is 24.7 Å². The summed E-state index contributed by atoms with van der Waals surface area (Å²) < 4.78 is 11.1. The molecule has 0 aromatic heterocycles. The third-order valence-electron chi connectivity index (χ3n) is 5.36. The maximum Gasteiger partial charge on any atom is 0.205 e. The zero-order valence-electron chi connectivity index (χ0n) is 15.5. The van der Waals surface area contributed by atoms with Gasteiger partial charge in [0.05, 0.1) is 13.0 Å². The van der Waals surface area contributed by atoms with Crippen LogP contribution in [-0.4, -0.2) is 12.9 Å². The van der Waals surface area contributed by atoms with Crippen molar-refractivity contribution in [1.82, 2.24) is 0 Å². The summed E-state index contributed by atoms with van der Waals surface area (Å²) in [6, 6.07) is 19.4. The highest BCUT2D eigenvalue weighted by Gasteiger charge is 2.40. The molecular formula is C23H20N2O3. The largest absolute Gasteiger partial charge is 0.497 e. The number of rotatable bonds is 3. The number of ether oxygens (including phenoxy) is 2. The Labute approximate surface area is 163 Å². The number of benzene rings is 2. The fourth-order valence-corrected chi connectivity index (χ4v) is 4.02. The second-order valence-electron chi connectivity index (χ2n) is 6.98. The first kappa shape index (κ1) is 17.9. The van der Waals surface area contributed by atoms with Crippen molar-refractivity contribution >= 4 is 5.78 Å². The first-order valence-electron chi connectivity index (χ1n) is 9.15. The van der Waals surface area contributed by atoms with Crippen LogP contribution >= 0.6 is 0 Å². The van der Waals surface area contributed by atoms with E-state index in [0.29, 0.717) is 29.9 Å². The topological polar surface area (TPSA) is 85.3 Å². The van der Waals surface area contributed by atoms with Gasteiger partial charge in [0.2, 0.25) is 5.88 Å². The quantitative estimate of drug-likeness (QED) is 0.883. The minimum absolute atomic E-state index is 0.0110. The number of nitriles is 1. The Morgan fingerprint density at radius 1 is 1.11 bits per heavy atom. The molecule has 0 radical (unpaired) electrons. The lowest BCUT2D eigenvalue weighted by Gasteiger charge is -2.34. The smallest absolute Gasteiger partial charge is 0.205 e. The van der Waals surface area contributed by atoms with Gasteiger partial charge in [0.15, 0.2) is 5.78 Å². The molecule has 28 heavy (non-hydrogen) atoms. The molecule has 2 unspecified atom stereocenters. The molecule has 0 fully saturated rings. The summed E-state index contributed by atoms with van der Waals surface area (Å²) in [4.78, 5) is 13.2. The van der Waals surface area contributed by atoms with Gasteiger partial charge in [0, 0.05) is 18.4 Å². The molecule has 1 heterocycles. The third kappa shape index (κ3) is 3.03. The highest BCUT2D eigenvalue weighted by molar-refractivity contribution is 6.00. The number of carbonyl (C=O) groups excluding carboxylic acids is 1. The third-order valence-corrected chi connectivity index (χ3v) is 5.36. The van der Waals surface area contributed by atoms with Crippen molar-refractivity contribution in [2.24, 2.45) is 5.73 Å². The van der Waals surface area contributed by atoms with Crippen LogP contribution in [0.5, 0.6) is 5.75 Å². The molecule has 2 aliphatic rings. The Balaban J connectivity index is 1.80. The first-order chi connectivity index (χ1) is 13.6. The van der Waals surface area contributed by atoms with E-state index in [9.17, 15) is 10.1 Å². The van der Waals surface area contributed by atoms with Gasteiger partial charge in [-0.3, -0.25) is 4.79 Å². The van der Waals surface area contributed by atoms with E-state index in [1.807, 2.05) is 54.6 Å². The van der Waals surface area contributed by atoms with Gasteiger partial charge in [-0.15, -0.1) is 0 Å². The summed E-state index contributed by atoms with van der Waals surface area (Å²) in [6.07, 6.45) is 0.955. The normalized spacial score (nSPS) is 21.6. The highest BCUT2D eigenvalue weighted by Crippen LogP contribution is 2.47. The Morgan fingerprint density at radius 2 is 1.86 bits per heavy atom. The van der Waals surface area contributed by atoms with Gasteiger partial charge in [-0.25, -0.2) is 0 Å². The Morgan fingerprint density at radius 3 is 2.57 bits per heavy atom. The maximum atomic E-state index is 13.2. The average molecular weight is 372 g/mol. The van der Waals surface area contributed by atoms with Crippen molar-refractivity contribution in [1.29, 1.82) is 5.26 Å². The molecule has 0 bridgehead atoms. The lowest BCUT2D eigenvalue weighted by molar-refractivity contribution is -0.117. The number of nitrogens with two attached hydrogens (primary N) is 1. The van der Waals surface area contributed by atoms with E-state index in [-0.39, 0.29) is 23.2 Å². The predicted molar refractivity (Wildman–Crippen MR) is 104 cm³/mol. The fraction of sp³-hybridized carbons (Fsp3) is 0.217. The van der Waals surface area contributed by atoms with Gasteiger partial charge in [0.25, 0.3) is 0 Å². The van der Waals surface area contributed by atoms with E-state index in [1.165, 1.54) is 0 Å². The van der Waals surface area contributed by atoms with Crippen LogP contribution in [0.2, 0.25) is 0 Å². The molecule has 2 aromatic carbocycles. The van der Waals surface area contributed by atoms with Gasteiger partial charge in [0.1, 0.15) is 23.2 Å². The molecule has 5 heteroatoms. The van der Waals surface area contributed by atoms with Crippen molar-refractivity contribution in [3.05, 3.63) is 88.5 Å². The minimum Gasteiger partial charge on any atom is -0.497 e. The van der Waals surface area contributed by atoms with Crippen LogP contribution in [0.3, 0.4) is 0 Å². The summed E-state index contributed by atoms with van der Waals surface area (Å²) in [5.74, 6) is 0.781. The second-order valence-corrected chi connectivity index (χ2v) is 6.98. The fourth-order valence-electron chi connectivity index (χ4n) is 4.02. The second kappa shape index (κ2) is 7.24. The molecule has 0 saturated heterocycles. The average Bonchev–Trinajstić information content (AvgIpc) is 2.73. The van der Waals surface area contributed by atoms with Gasteiger partial charge in [-0.05, 0) is 29.2 Å². The molecule has 2 atom stereocenters. The molecule has 2 N–H and O–H groups in total. The highest BCUT2D eigenvalue weighted by atomic mass is 16.5. The van der Waals surface area contributed by atoms with Crippen molar-refractivity contribution < 1.29 is 14.3 Å². The zero-order chi connectivity index (χ0) is 19.7. The van der Waals surface area contributed by atoms with E-state index in [0.717, 1.165) is 11.1 Å². The van der Waals surface area contributed by atoms with Crippen LogP contribution in [0.25, 0.3) is 0 Å². The maximum absolute atomic E-state index is 13.2. The molecule has 140 valence electrons. The van der Waals surface area contributed by atoms with Crippen LogP contribution in [-0.2, 0) is 9.53 Å². The molecule has 0 saturated carbocycles. The zero-order valence-corrected chi connectivity index (χ0v) is 15.5. The lowest BCUT2D eigenvalue weighted by Crippen LogP contribution is -2.29. The van der Waals surface area contributed by atoms with Gasteiger partial charge < -0.3 is 15.2 Å². The summed E-state index contributed by atoms with van der Waals surface area (Å²) >= 11 is 0. The van der Waals surface area contributed by atoms with E-state index in [1.54, 1.807) is 7.11 Å².